The van der Waals surface area contributed by atoms with Crippen LogP contribution in [0.4, 0.5) is 0 Å². The highest BCUT2D eigenvalue weighted by Gasteiger charge is 2.32. The maximum absolute atomic E-state index is 4.18. The number of rotatable bonds is 5. The second-order valence-electron chi connectivity index (χ2n) is 6.46. The number of hydrogen-bond donors (Lipinski definition) is 1. The molecule has 2 nitrogen and oxygen atoms in total. The van der Waals surface area contributed by atoms with Crippen molar-refractivity contribution in [3.05, 3.63) is 30.1 Å². The van der Waals surface area contributed by atoms with E-state index in [1.807, 2.05) is 12.4 Å². The first-order valence-electron chi connectivity index (χ1n) is 7.84. The summed E-state index contributed by atoms with van der Waals surface area (Å²) in [6, 6.07) is 4.45. The summed E-state index contributed by atoms with van der Waals surface area (Å²) < 4.78 is 0. The van der Waals surface area contributed by atoms with Gasteiger partial charge in [0.25, 0.3) is 0 Å². The van der Waals surface area contributed by atoms with Crippen LogP contribution in [0.2, 0.25) is 0 Å². The smallest absolute Gasteiger partial charge is 0.0270 e. The lowest BCUT2D eigenvalue weighted by Gasteiger charge is -2.34. The fourth-order valence-electron chi connectivity index (χ4n) is 3.28. The third-order valence-corrected chi connectivity index (χ3v) is 4.37. The van der Waals surface area contributed by atoms with Gasteiger partial charge in [0.05, 0.1) is 0 Å². The minimum absolute atomic E-state index is 0.342. The van der Waals surface area contributed by atoms with Gasteiger partial charge < -0.3 is 5.32 Å². The Hall–Kier alpha value is -0.890. The van der Waals surface area contributed by atoms with Gasteiger partial charge in [0.1, 0.15) is 0 Å². The van der Waals surface area contributed by atoms with Gasteiger partial charge in [-0.2, -0.15) is 0 Å². The van der Waals surface area contributed by atoms with Crippen molar-refractivity contribution in [2.75, 3.05) is 13.1 Å². The molecule has 1 fully saturated rings. The van der Waals surface area contributed by atoms with E-state index in [1.54, 1.807) is 0 Å². The van der Waals surface area contributed by atoms with Crippen molar-refractivity contribution in [1.29, 1.82) is 0 Å². The Morgan fingerprint density at radius 3 is 2.32 bits per heavy atom. The van der Waals surface area contributed by atoms with Crippen LogP contribution in [-0.4, -0.2) is 18.1 Å². The van der Waals surface area contributed by atoms with Crippen LogP contribution in [0.5, 0.6) is 0 Å². The van der Waals surface area contributed by atoms with Crippen LogP contribution >= 0.6 is 0 Å². The molecular weight excluding hydrogens is 232 g/mol. The van der Waals surface area contributed by atoms with Gasteiger partial charge >= 0.3 is 0 Å². The summed E-state index contributed by atoms with van der Waals surface area (Å²) in [5, 5.41) is 3.70. The second-order valence-corrected chi connectivity index (χ2v) is 6.46. The second kappa shape index (κ2) is 7.04. The van der Waals surface area contributed by atoms with Crippen LogP contribution in [0.25, 0.3) is 0 Å². The highest BCUT2D eigenvalue weighted by Crippen LogP contribution is 2.37. The molecule has 1 aliphatic carbocycles. The Balaban J connectivity index is 2.12. The predicted molar refractivity (Wildman–Crippen MR) is 81.3 cm³/mol. The topological polar surface area (TPSA) is 24.9 Å². The largest absolute Gasteiger partial charge is 0.316 e. The molecule has 0 saturated heterocycles. The number of nitrogens with zero attached hydrogens (tertiary/aromatic N) is 1. The Bertz CT molecular complexity index is 351. The molecule has 0 radical (unpaired) electrons. The van der Waals surface area contributed by atoms with E-state index in [-0.39, 0.29) is 0 Å². The summed E-state index contributed by atoms with van der Waals surface area (Å²) in [5.41, 5.74) is 1.83. The van der Waals surface area contributed by atoms with E-state index in [0.717, 1.165) is 19.0 Å². The van der Waals surface area contributed by atoms with E-state index >= 15 is 0 Å². The van der Waals surface area contributed by atoms with E-state index in [0.29, 0.717) is 5.41 Å². The van der Waals surface area contributed by atoms with E-state index in [1.165, 1.54) is 44.1 Å². The zero-order valence-electron chi connectivity index (χ0n) is 12.5. The van der Waals surface area contributed by atoms with Gasteiger partial charge in [-0.15, -0.1) is 0 Å². The van der Waals surface area contributed by atoms with Crippen molar-refractivity contribution < 1.29 is 0 Å². The molecule has 0 amide bonds. The zero-order chi connectivity index (χ0) is 13.6. The van der Waals surface area contributed by atoms with Gasteiger partial charge in [0, 0.05) is 24.4 Å². The summed E-state index contributed by atoms with van der Waals surface area (Å²) in [5.74, 6) is 0.722. The maximum Gasteiger partial charge on any atom is 0.0270 e. The highest BCUT2D eigenvalue weighted by atomic mass is 14.9. The summed E-state index contributed by atoms with van der Waals surface area (Å²) in [4.78, 5) is 4.18. The Morgan fingerprint density at radius 2 is 1.74 bits per heavy atom. The molecular formula is C17H28N2. The number of hydrogen-bond acceptors (Lipinski definition) is 2. The van der Waals surface area contributed by atoms with Crippen LogP contribution < -0.4 is 5.32 Å². The molecule has 0 atom stereocenters. The average Bonchev–Trinajstić information content (AvgIpc) is 2.66. The first-order chi connectivity index (χ1) is 9.23. The summed E-state index contributed by atoms with van der Waals surface area (Å²) >= 11 is 0. The first-order valence-corrected chi connectivity index (χ1v) is 7.84. The van der Waals surface area contributed by atoms with Gasteiger partial charge in [-0.25, -0.2) is 0 Å². The van der Waals surface area contributed by atoms with Gasteiger partial charge in [0.15, 0.2) is 0 Å². The quantitative estimate of drug-likeness (QED) is 0.812. The Labute approximate surface area is 118 Å². The number of aromatic nitrogens is 1. The van der Waals surface area contributed by atoms with E-state index < -0.39 is 0 Å². The molecule has 1 N–H and O–H groups in total. The maximum atomic E-state index is 4.18. The fraction of sp³-hybridized carbons (Fsp3) is 0.706. The molecule has 19 heavy (non-hydrogen) atoms. The molecule has 106 valence electrons. The molecule has 0 spiro atoms. The molecule has 1 aliphatic rings. The normalized spacial score (nSPS) is 19.3. The van der Waals surface area contributed by atoms with E-state index in [2.05, 4.69) is 36.3 Å². The van der Waals surface area contributed by atoms with Crippen LogP contribution in [0.1, 0.15) is 57.9 Å². The predicted octanol–water partition coefficient (Wildman–Crippen LogP) is 3.92. The molecule has 0 unspecified atom stereocenters. The Morgan fingerprint density at radius 1 is 1.11 bits per heavy atom. The number of pyridine rings is 1. The zero-order valence-corrected chi connectivity index (χ0v) is 12.5. The third-order valence-electron chi connectivity index (χ3n) is 4.37. The summed E-state index contributed by atoms with van der Waals surface area (Å²) in [6.07, 6.45) is 12.1. The summed E-state index contributed by atoms with van der Waals surface area (Å²) in [7, 11) is 0. The molecule has 0 aromatic carbocycles. The molecule has 1 saturated carbocycles. The molecule has 2 rings (SSSR count). The lowest BCUT2D eigenvalue weighted by atomic mass is 9.74. The number of nitrogens with one attached hydrogen (secondary N) is 1. The van der Waals surface area contributed by atoms with E-state index in [9.17, 15) is 0 Å². The highest BCUT2D eigenvalue weighted by molar-refractivity contribution is 5.24. The van der Waals surface area contributed by atoms with Crippen LogP contribution in [-0.2, 0) is 5.41 Å². The van der Waals surface area contributed by atoms with Gasteiger partial charge in [0.2, 0.25) is 0 Å². The average molecular weight is 260 g/mol. The van der Waals surface area contributed by atoms with Gasteiger partial charge in [-0.05, 0) is 43.0 Å². The van der Waals surface area contributed by atoms with Crippen LogP contribution in [0, 0.1) is 5.92 Å². The van der Waals surface area contributed by atoms with Crippen LogP contribution in [0.15, 0.2) is 24.5 Å². The lowest BCUT2D eigenvalue weighted by molar-refractivity contribution is 0.339. The van der Waals surface area contributed by atoms with E-state index in [4.69, 9.17) is 0 Å². The first kappa shape index (κ1) is 14.5. The third kappa shape index (κ3) is 4.04. The SMILES string of the molecule is CC(C)CNCC1(c2ccncc2)CCCCCC1. The lowest BCUT2D eigenvalue weighted by Crippen LogP contribution is -2.39. The van der Waals surface area contributed by atoms with Crippen LogP contribution in [0.3, 0.4) is 0 Å². The molecule has 0 bridgehead atoms. The molecule has 2 heteroatoms. The monoisotopic (exact) mass is 260 g/mol. The Kier molecular flexibility index (Phi) is 5.38. The molecule has 1 aromatic heterocycles. The summed E-state index contributed by atoms with van der Waals surface area (Å²) in [6.45, 7) is 6.79. The standard InChI is InChI=1S/C17H28N2/c1-15(2)13-19-14-17(9-5-3-4-6-10-17)16-7-11-18-12-8-16/h7-8,11-12,15,19H,3-6,9-10,13-14H2,1-2H3. The van der Waals surface area contributed by atoms with Gasteiger partial charge in [-0.3, -0.25) is 4.98 Å². The van der Waals surface area contributed by atoms with Crippen molar-refractivity contribution >= 4 is 0 Å². The fourth-order valence-corrected chi connectivity index (χ4v) is 3.28. The van der Waals surface area contributed by atoms with Crippen molar-refractivity contribution in [1.82, 2.24) is 10.3 Å². The molecule has 1 aromatic rings. The minimum Gasteiger partial charge on any atom is -0.316 e. The molecule has 1 heterocycles. The molecule has 0 aliphatic heterocycles. The van der Waals surface area contributed by atoms with Gasteiger partial charge in [-0.1, -0.05) is 39.5 Å². The van der Waals surface area contributed by atoms with Crippen molar-refractivity contribution in [2.24, 2.45) is 5.92 Å². The van der Waals surface area contributed by atoms with Crippen molar-refractivity contribution in [3.63, 3.8) is 0 Å². The van der Waals surface area contributed by atoms with Crippen molar-refractivity contribution in [3.8, 4) is 0 Å². The minimum atomic E-state index is 0.342. The van der Waals surface area contributed by atoms with Crippen molar-refractivity contribution in [2.45, 2.75) is 57.8 Å².